The van der Waals surface area contributed by atoms with Crippen LogP contribution in [-0.4, -0.2) is 4.98 Å². The standard InChI is InChI=1S/C16H8Cl2N2O/c17-13-5-6-14(12-4-2-1-3-11(12)13)21-16-8-10(9-19)7-15(18)20-16/h1-8H. The average molecular weight is 315 g/mol. The lowest BCUT2D eigenvalue weighted by Gasteiger charge is -2.09. The highest BCUT2D eigenvalue weighted by atomic mass is 35.5. The number of ether oxygens (including phenoxy) is 1. The van der Waals surface area contributed by atoms with Crippen molar-refractivity contribution < 1.29 is 4.74 Å². The van der Waals surface area contributed by atoms with Gasteiger partial charge in [-0.2, -0.15) is 5.26 Å². The van der Waals surface area contributed by atoms with Gasteiger partial charge in [-0.15, -0.1) is 0 Å². The maximum atomic E-state index is 8.95. The van der Waals surface area contributed by atoms with Gasteiger partial charge in [-0.3, -0.25) is 0 Å². The Hall–Kier alpha value is -2.28. The smallest absolute Gasteiger partial charge is 0.221 e. The first-order valence-electron chi connectivity index (χ1n) is 6.10. The van der Waals surface area contributed by atoms with E-state index in [0.717, 1.165) is 10.8 Å². The quantitative estimate of drug-likeness (QED) is 0.610. The number of hydrogen-bond donors (Lipinski definition) is 0. The van der Waals surface area contributed by atoms with E-state index in [-0.39, 0.29) is 11.0 Å². The van der Waals surface area contributed by atoms with Gasteiger partial charge in [0.15, 0.2) is 0 Å². The molecule has 0 saturated heterocycles. The van der Waals surface area contributed by atoms with E-state index in [4.69, 9.17) is 33.2 Å². The minimum atomic E-state index is 0.210. The number of pyridine rings is 1. The highest BCUT2D eigenvalue weighted by Gasteiger charge is 2.08. The molecule has 0 spiro atoms. The number of aromatic nitrogens is 1. The van der Waals surface area contributed by atoms with Crippen molar-refractivity contribution in [1.82, 2.24) is 4.98 Å². The molecule has 3 aromatic rings. The summed E-state index contributed by atoms with van der Waals surface area (Å²) in [5.74, 6) is 0.875. The van der Waals surface area contributed by atoms with Gasteiger partial charge in [-0.25, -0.2) is 4.98 Å². The summed E-state index contributed by atoms with van der Waals surface area (Å²) in [5, 5.41) is 11.6. The Morgan fingerprint density at radius 3 is 2.52 bits per heavy atom. The van der Waals surface area contributed by atoms with E-state index in [0.29, 0.717) is 16.3 Å². The number of rotatable bonds is 2. The zero-order valence-corrected chi connectivity index (χ0v) is 12.2. The van der Waals surface area contributed by atoms with E-state index in [1.807, 2.05) is 30.3 Å². The summed E-state index contributed by atoms with van der Waals surface area (Å²) in [6, 6.07) is 16.2. The fourth-order valence-electron chi connectivity index (χ4n) is 2.03. The van der Waals surface area contributed by atoms with Gasteiger partial charge in [0.2, 0.25) is 5.88 Å². The molecule has 3 rings (SSSR count). The minimum absolute atomic E-state index is 0.210. The highest BCUT2D eigenvalue weighted by Crippen LogP contribution is 2.34. The van der Waals surface area contributed by atoms with E-state index >= 15 is 0 Å². The lowest BCUT2D eigenvalue weighted by Crippen LogP contribution is -1.91. The molecule has 0 saturated carbocycles. The first kappa shape index (κ1) is 13.7. The zero-order chi connectivity index (χ0) is 14.8. The Balaban J connectivity index is 2.09. The van der Waals surface area contributed by atoms with Gasteiger partial charge in [0.1, 0.15) is 10.9 Å². The van der Waals surface area contributed by atoms with E-state index in [1.54, 1.807) is 12.1 Å². The van der Waals surface area contributed by atoms with E-state index in [1.165, 1.54) is 12.1 Å². The molecule has 102 valence electrons. The van der Waals surface area contributed by atoms with Crippen molar-refractivity contribution in [3.8, 4) is 17.7 Å². The third-order valence-corrected chi connectivity index (χ3v) is 3.47. The summed E-state index contributed by atoms with van der Waals surface area (Å²) in [6.07, 6.45) is 0. The molecule has 2 aromatic carbocycles. The van der Waals surface area contributed by atoms with Crippen molar-refractivity contribution in [2.24, 2.45) is 0 Å². The van der Waals surface area contributed by atoms with Gasteiger partial charge in [-0.05, 0) is 18.2 Å². The SMILES string of the molecule is N#Cc1cc(Cl)nc(Oc2ccc(Cl)c3ccccc23)c1. The largest absolute Gasteiger partial charge is 0.438 e. The summed E-state index contributed by atoms with van der Waals surface area (Å²) < 4.78 is 5.76. The van der Waals surface area contributed by atoms with Gasteiger partial charge in [0, 0.05) is 21.9 Å². The zero-order valence-electron chi connectivity index (χ0n) is 10.7. The average Bonchev–Trinajstić information content (AvgIpc) is 2.50. The van der Waals surface area contributed by atoms with E-state index < -0.39 is 0 Å². The van der Waals surface area contributed by atoms with Crippen molar-refractivity contribution in [2.45, 2.75) is 0 Å². The van der Waals surface area contributed by atoms with Gasteiger partial charge in [0.25, 0.3) is 0 Å². The third kappa shape index (κ3) is 2.78. The molecule has 0 aliphatic rings. The van der Waals surface area contributed by atoms with Crippen molar-refractivity contribution in [1.29, 1.82) is 5.26 Å². The van der Waals surface area contributed by atoms with Crippen LogP contribution >= 0.6 is 23.2 Å². The predicted molar refractivity (Wildman–Crippen MR) is 83.0 cm³/mol. The van der Waals surface area contributed by atoms with Crippen molar-refractivity contribution in [3.05, 3.63) is 64.3 Å². The molecular weight excluding hydrogens is 307 g/mol. The number of nitrogens with zero attached hydrogens (tertiary/aromatic N) is 2. The number of fused-ring (bicyclic) bond motifs is 1. The van der Waals surface area contributed by atoms with Crippen LogP contribution in [-0.2, 0) is 0 Å². The molecule has 0 amide bonds. The summed E-state index contributed by atoms with van der Waals surface area (Å²) in [7, 11) is 0. The molecule has 0 aliphatic heterocycles. The highest BCUT2D eigenvalue weighted by molar-refractivity contribution is 6.35. The maximum Gasteiger partial charge on any atom is 0.221 e. The monoisotopic (exact) mass is 314 g/mol. The molecule has 0 radical (unpaired) electrons. The molecular formula is C16H8Cl2N2O. The van der Waals surface area contributed by atoms with Gasteiger partial charge in [-0.1, -0.05) is 47.5 Å². The second kappa shape index (κ2) is 5.61. The van der Waals surface area contributed by atoms with E-state index in [2.05, 4.69) is 4.98 Å². The molecule has 21 heavy (non-hydrogen) atoms. The normalized spacial score (nSPS) is 10.3. The summed E-state index contributed by atoms with van der Waals surface area (Å²) in [6.45, 7) is 0. The maximum absolute atomic E-state index is 8.95. The lowest BCUT2D eigenvalue weighted by atomic mass is 10.1. The summed E-state index contributed by atoms with van der Waals surface area (Å²) in [5.41, 5.74) is 0.392. The molecule has 5 heteroatoms. The number of hydrogen-bond acceptors (Lipinski definition) is 3. The van der Waals surface area contributed by atoms with Gasteiger partial charge >= 0.3 is 0 Å². The Kier molecular flexibility index (Phi) is 3.66. The Morgan fingerprint density at radius 1 is 1.00 bits per heavy atom. The predicted octanol–water partition coefficient (Wildman–Crippen LogP) is 5.21. The lowest BCUT2D eigenvalue weighted by molar-refractivity contribution is 0.468. The molecule has 0 aliphatic carbocycles. The van der Waals surface area contributed by atoms with Crippen LogP contribution in [0.25, 0.3) is 10.8 Å². The first-order chi connectivity index (χ1) is 10.2. The van der Waals surface area contributed by atoms with Crippen LogP contribution in [0.15, 0.2) is 48.5 Å². The third-order valence-electron chi connectivity index (χ3n) is 2.95. The van der Waals surface area contributed by atoms with Crippen LogP contribution in [0.3, 0.4) is 0 Å². The van der Waals surface area contributed by atoms with Crippen LogP contribution in [0.2, 0.25) is 10.2 Å². The Labute approximate surface area is 131 Å². The molecule has 0 atom stereocenters. The van der Waals surface area contributed by atoms with Crippen LogP contribution < -0.4 is 4.74 Å². The van der Waals surface area contributed by atoms with Crippen LogP contribution in [0.4, 0.5) is 0 Å². The van der Waals surface area contributed by atoms with Crippen LogP contribution in [0.5, 0.6) is 11.6 Å². The van der Waals surface area contributed by atoms with Crippen molar-refractivity contribution in [3.63, 3.8) is 0 Å². The molecule has 0 unspecified atom stereocenters. The fraction of sp³-hybridized carbons (Fsp3) is 0. The molecule has 3 nitrogen and oxygen atoms in total. The number of nitriles is 1. The molecule has 0 fully saturated rings. The Morgan fingerprint density at radius 2 is 1.76 bits per heavy atom. The molecule has 0 bridgehead atoms. The fourth-order valence-corrected chi connectivity index (χ4v) is 2.45. The summed E-state index contributed by atoms with van der Waals surface area (Å²) in [4.78, 5) is 4.07. The van der Waals surface area contributed by atoms with Gasteiger partial charge < -0.3 is 4.74 Å². The molecule has 1 aromatic heterocycles. The Bertz CT molecular complexity index is 872. The molecule has 1 heterocycles. The first-order valence-corrected chi connectivity index (χ1v) is 6.86. The van der Waals surface area contributed by atoms with Crippen molar-refractivity contribution in [2.75, 3.05) is 0 Å². The minimum Gasteiger partial charge on any atom is -0.438 e. The van der Waals surface area contributed by atoms with Crippen molar-refractivity contribution >= 4 is 34.0 Å². The molecule has 0 N–H and O–H groups in total. The second-order valence-electron chi connectivity index (χ2n) is 4.32. The second-order valence-corrected chi connectivity index (χ2v) is 5.12. The summed E-state index contributed by atoms with van der Waals surface area (Å²) >= 11 is 12.0. The van der Waals surface area contributed by atoms with Crippen LogP contribution in [0, 0.1) is 11.3 Å². The van der Waals surface area contributed by atoms with E-state index in [9.17, 15) is 0 Å². The number of benzene rings is 2. The topological polar surface area (TPSA) is 45.9 Å². The number of halogens is 2. The van der Waals surface area contributed by atoms with Gasteiger partial charge in [0.05, 0.1) is 11.6 Å². The van der Waals surface area contributed by atoms with Crippen LogP contribution in [0.1, 0.15) is 5.56 Å².